The van der Waals surface area contributed by atoms with Gasteiger partial charge in [-0.05, 0) is 26.7 Å². The summed E-state index contributed by atoms with van der Waals surface area (Å²) in [4.78, 5) is 28.1. The monoisotopic (exact) mass is 264 g/mol. The van der Waals surface area contributed by atoms with E-state index >= 15 is 0 Å². The minimum atomic E-state index is -0.653. The molecule has 2 N–H and O–H groups in total. The molecule has 102 valence electrons. The van der Waals surface area contributed by atoms with Gasteiger partial charge in [-0.3, -0.25) is 9.36 Å². The summed E-state index contributed by atoms with van der Waals surface area (Å²) in [6, 6.07) is -0.0464. The Labute approximate surface area is 110 Å². The molecule has 0 aromatic carbocycles. The number of hydrogen-bond donors (Lipinski definition) is 1. The van der Waals surface area contributed by atoms with E-state index in [1.807, 2.05) is 6.92 Å². The van der Waals surface area contributed by atoms with Gasteiger partial charge >= 0.3 is 5.97 Å². The minimum Gasteiger partial charge on any atom is -0.462 e. The lowest BCUT2D eigenvalue weighted by atomic mass is 10.0. The molecule has 0 radical (unpaired) electrons. The van der Waals surface area contributed by atoms with Crippen LogP contribution in [-0.2, 0) is 4.74 Å². The first-order chi connectivity index (χ1) is 9.10. The SMILES string of the molecule is CCOC(=O)c1cnc2n(c1=O)C(C)CC/C2=N\N. The van der Waals surface area contributed by atoms with Crippen LogP contribution in [-0.4, -0.2) is 27.8 Å². The Bertz CT molecular complexity index is 591. The summed E-state index contributed by atoms with van der Waals surface area (Å²) in [7, 11) is 0. The number of carbonyl (C=O) groups is 1. The van der Waals surface area contributed by atoms with Gasteiger partial charge < -0.3 is 10.6 Å². The van der Waals surface area contributed by atoms with E-state index in [2.05, 4.69) is 10.1 Å². The molecule has 7 heteroatoms. The van der Waals surface area contributed by atoms with E-state index in [1.54, 1.807) is 6.92 Å². The summed E-state index contributed by atoms with van der Waals surface area (Å²) >= 11 is 0. The number of esters is 1. The van der Waals surface area contributed by atoms with Crippen LogP contribution in [0, 0.1) is 0 Å². The first-order valence-electron chi connectivity index (χ1n) is 6.16. The smallest absolute Gasteiger partial charge is 0.345 e. The molecule has 0 aliphatic carbocycles. The van der Waals surface area contributed by atoms with Crippen LogP contribution < -0.4 is 11.4 Å². The maximum Gasteiger partial charge on any atom is 0.345 e. The summed E-state index contributed by atoms with van der Waals surface area (Å²) in [5.41, 5.74) is 0.109. The van der Waals surface area contributed by atoms with E-state index in [4.69, 9.17) is 10.6 Å². The lowest BCUT2D eigenvalue weighted by Crippen LogP contribution is -2.37. The number of fused-ring (bicyclic) bond motifs is 1. The number of nitrogens with two attached hydrogens (primary N) is 1. The number of hydrazone groups is 1. The van der Waals surface area contributed by atoms with E-state index < -0.39 is 11.5 Å². The van der Waals surface area contributed by atoms with Crippen LogP contribution in [0.4, 0.5) is 0 Å². The molecule has 1 aromatic heterocycles. The average molecular weight is 264 g/mol. The van der Waals surface area contributed by atoms with Gasteiger partial charge in [0, 0.05) is 12.2 Å². The van der Waals surface area contributed by atoms with E-state index in [-0.39, 0.29) is 18.2 Å². The molecule has 0 saturated carbocycles. The molecular weight excluding hydrogens is 248 g/mol. The summed E-state index contributed by atoms with van der Waals surface area (Å²) in [5, 5.41) is 3.65. The van der Waals surface area contributed by atoms with Crippen molar-refractivity contribution in [2.24, 2.45) is 10.9 Å². The minimum absolute atomic E-state index is 0.0464. The first-order valence-corrected chi connectivity index (χ1v) is 6.16. The van der Waals surface area contributed by atoms with E-state index in [0.29, 0.717) is 18.0 Å². The van der Waals surface area contributed by atoms with Crippen molar-refractivity contribution in [3.05, 3.63) is 27.9 Å². The Balaban J connectivity index is 2.58. The molecule has 1 unspecified atom stereocenters. The van der Waals surface area contributed by atoms with Crippen molar-refractivity contribution in [1.82, 2.24) is 9.55 Å². The van der Waals surface area contributed by atoms with Gasteiger partial charge in [0.2, 0.25) is 0 Å². The van der Waals surface area contributed by atoms with Crippen LogP contribution in [0.3, 0.4) is 0 Å². The van der Waals surface area contributed by atoms with Crippen molar-refractivity contribution >= 4 is 11.7 Å². The Morgan fingerprint density at radius 3 is 3.05 bits per heavy atom. The highest BCUT2D eigenvalue weighted by atomic mass is 16.5. The molecule has 7 nitrogen and oxygen atoms in total. The molecule has 0 amide bonds. The maximum absolute atomic E-state index is 12.3. The highest BCUT2D eigenvalue weighted by Gasteiger charge is 2.26. The Morgan fingerprint density at radius 1 is 1.68 bits per heavy atom. The fourth-order valence-electron chi connectivity index (χ4n) is 2.15. The second-order valence-corrected chi connectivity index (χ2v) is 4.35. The number of carbonyl (C=O) groups excluding carboxylic acids is 1. The van der Waals surface area contributed by atoms with E-state index in [0.717, 1.165) is 6.42 Å². The van der Waals surface area contributed by atoms with Gasteiger partial charge in [0.15, 0.2) is 5.82 Å². The normalized spacial score (nSPS) is 20.1. The van der Waals surface area contributed by atoms with Crippen LogP contribution >= 0.6 is 0 Å². The second kappa shape index (κ2) is 5.21. The topological polar surface area (TPSA) is 99.6 Å². The number of aromatic nitrogens is 2. The van der Waals surface area contributed by atoms with Crippen LogP contribution in [0.5, 0.6) is 0 Å². The first kappa shape index (κ1) is 13.3. The molecule has 1 atom stereocenters. The van der Waals surface area contributed by atoms with Gasteiger partial charge in [0.05, 0.1) is 6.61 Å². The molecule has 0 spiro atoms. The molecule has 1 aromatic rings. The van der Waals surface area contributed by atoms with Crippen molar-refractivity contribution in [2.75, 3.05) is 6.61 Å². The van der Waals surface area contributed by atoms with E-state index in [1.165, 1.54) is 10.8 Å². The predicted molar refractivity (Wildman–Crippen MR) is 69.1 cm³/mol. The molecule has 2 rings (SSSR count). The van der Waals surface area contributed by atoms with Crippen LogP contribution in [0.1, 0.15) is 48.9 Å². The van der Waals surface area contributed by atoms with Crippen molar-refractivity contribution in [1.29, 1.82) is 0 Å². The quantitative estimate of drug-likeness (QED) is 0.474. The third-order valence-corrected chi connectivity index (χ3v) is 3.14. The zero-order valence-corrected chi connectivity index (χ0v) is 10.9. The zero-order valence-electron chi connectivity index (χ0n) is 10.9. The van der Waals surface area contributed by atoms with Crippen LogP contribution in [0.25, 0.3) is 0 Å². The van der Waals surface area contributed by atoms with Gasteiger partial charge in [-0.2, -0.15) is 5.10 Å². The summed E-state index contributed by atoms with van der Waals surface area (Å²) in [5.74, 6) is 5.08. The number of nitrogens with zero attached hydrogens (tertiary/aromatic N) is 3. The highest BCUT2D eigenvalue weighted by molar-refractivity contribution is 5.98. The van der Waals surface area contributed by atoms with Crippen molar-refractivity contribution in [2.45, 2.75) is 32.7 Å². The highest BCUT2D eigenvalue weighted by Crippen LogP contribution is 2.21. The van der Waals surface area contributed by atoms with Crippen molar-refractivity contribution < 1.29 is 9.53 Å². The molecule has 19 heavy (non-hydrogen) atoms. The Hall–Kier alpha value is -2.18. The summed E-state index contributed by atoms with van der Waals surface area (Å²) < 4.78 is 6.30. The van der Waals surface area contributed by atoms with Crippen molar-refractivity contribution in [3.63, 3.8) is 0 Å². The molecule has 0 bridgehead atoms. The maximum atomic E-state index is 12.3. The molecule has 0 saturated heterocycles. The second-order valence-electron chi connectivity index (χ2n) is 4.35. The largest absolute Gasteiger partial charge is 0.462 e. The third-order valence-electron chi connectivity index (χ3n) is 3.14. The number of rotatable bonds is 2. The Morgan fingerprint density at radius 2 is 2.42 bits per heavy atom. The molecule has 1 aliphatic rings. The average Bonchev–Trinajstić information content (AvgIpc) is 2.39. The molecule has 1 aliphatic heterocycles. The molecule has 2 heterocycles. The van der Waals surface area contributed by atoms with Gasteiger partial charge in [-0.25, -0.2) is 9.78 Å². The van der Waals surface area contributed by atoms with Gasteiger partial charge in [-0.15, -0.1) is 0 Å². The third kappa shape index (κ3) is 2.23. The number of hydrogen-bond acceptors (Lipinski definition) is 6. The molecule has 0 fully saturated rings. The van der Waals surface area contributed by atoms with Crippen LogP contribution in [0.2, 0.25) is 0 Å². The van der Waals surface area contributed by atoms with Crippen LogP contribution in [0.15, 0.2) is 16.1 Å². The van der Waals surface area contributed by atoms with Gasteiger partial charge in [0.1, 0.15) is 11.3 Å². The van der Waals surface area contributed by atoms with Crippen molar-refractivity contribution in [3.8, 4) is 0 Å². The lowest BCUT2D eigenvalue weighted by Gasteiger charge is -2.24. The summed E-state index contributed by atoms with van der Waals surface area (Å²) in [6.45, 7) is 3.79. The zero-order chi connectivity index (χ0) is 14.0. The fourth-order valence-corrected chi connectivity index (χ4v) is 2.15. The fraction of sp³-hybridized carbons (Fsp3) is 0.500. The lowest BCUT2D eigenvalue weighted by molar-refractivity contribution is 0.0522. The van der Waals surface area contributed by atoms with Gasteiger partial charge in [0.25, 0.3) is 5.56 Å². The predicted octanol–water partition coefficient (Wildman–Crippen LogP) is 0.438. The van der Waals surface area contributed by atoms with Gasteiger partial charge in [-0.1, -0.05) is 0 Å². The standard InChI is InChI=1S/C12H16N4O3/c1-3-19-12(18)8-6-14-10-9(15-13)5-4-7(2)16(10)11(8)17/h6-7H,3-5,13H2,1-2H3/b15-9+. The number of ether oxygens (including phenoxy) is 1. The Kier molecular flexibility index (Phi) is 3.64. The van der Waals surface area contributed by atoms with E-state index in [9.17, 15) is 9.59 Å². The molecular formula is C12H16N4O3. The summed E-state index contributed by atoms with van der Waals surface area (Å²) in [6.07, 6.45) is 2.63.